The van der Waals surface area contributed by atoms with Gasteiger partial charge in [0.15, 0.2) is 0 Å². The molecule has 3 nitrogen and oxygen atoms in total. The molecule has 0 amide bonds. The molecule has 0 fully saturated rings. The molecule has 0 aliphatic carbocycles. The van der Waals surface area contributed by atoms with E-state index in [4.69, 9.17) is 10.00 Å². The van der Waals surface area contributed by atoms with Crippen LogP contribution in [-0.2, 0) is 6.61 Å². The zero-order valence-electron chi connectivity index (χ0n) is 11.2. The van der Waals surface area contributed by atoms with Crippen molar-refractivity contribution in [1.82, 2.24) is 0 Å². The molecule has 2 rings (SSSR count). The van der Waals surface area contributed by atoms with Gasteiger partial charge in [0.05, 0.1) is 20.6 Å². The maximum absolute atomic E-state index is 10.8. The molecule has 0 atom stereocenters. The number of hydrogen-bond donors (Lipinski definition) is 0. The third-order valence-corrected chi connectivity index (χ3v) is 4.18. The minimum atomic E-state index is 0.384. The van der Waals surface area contributed by atoms with Crippen LogP contribution in [0.1, 0.15) is 27.0 Å². The zero-order valence-corrected chi connectivity index (χ0v) is 14.4. The number of ether oxygens (including phenoxy) is 1. The molecule has 0 saturated carbocycles. The summed E-state index contributed by atoms with van der Waals surface area (Å²) >= 11 is 6.79. The quantitative estimate of drug-likeness (QED) is 0.683. The number of aryl methyl sites for hydroxylation is 1. The lowest BCUT2D eigenvalue weighted by Gasteiger charge is -2.12. The smallest absolute Gasteiger partial charge is 0.150 e. The average molecular weight is 409 g/mol. The normalized spacial score (nSPS) is 10.0. The lowest BCUT2D eigenvalue weighted by molar-refractivity contribution is 0.112. The third-order valence-electron chi connectivity index (χ3n) is 3.00. The molecule has 0 spiro atoms. The van der Waals surface area contributed by atoms with Crippen LogP contribution in [0.25, 0.3) is 0 Å². The number of nitrogens with zero attached hydrogens (tertiary/aromatic N) is 1. The highest BCUT2D eigenvalue weighted by Gasteiger charge is 2.10. The predicted octanol–water partition coefficient (Wildman–Crippen LogP) is 4.78. The molecule has 0 heterocycles. The Morgan fingerprint density at radius 2 is 1.90 bits per heavy atom. The Bertz CT molecular complexity index is 713. The number of carbonyl (C=O) groups is 1. The Hall–Kier alpha value is -1.64. The Kier molecular flexibility index (Phi) is 5.16. The summed E-state index contributed by atoms with van der Waals surface area (Å²) in [5.74, 6) is 0.643. The molecule has 2 aromatic carbocycles. The molecule has 0 radical (unpaired) electrons. The second kappa shape index (κ2) is 6.88. The van der Waals surface area contributed by atoms with E-state index < -0.39 is 0 Å². The van der Waals surface area contributed by atoms with Gasteiger partial charge in [0, 0.05) is 5.56 Å². The van der Waals surface area contributed by atoms with Gasteiger partial charge in [0.1, 0.15) is 18.6 Å². The molecule has 0 bridgehead atoms. The monoisotopic (exact) mass is 407 g/mol. The standard InChI is InChI=1S/C16H11Br2NO2/c1-10-4-11(7-19)2-3-13(10)9-21-16-14(17)5-12(8-20)6-15(16)18/h2-6,8H,9H2,1H3. The summed E-state index contributed by atoms with van der Waals surface area (Å²) in [5, 5.41) is 8.86. The first kappa shape index (κ1) is 15.7. The van der Waals surface area contributed by atoms with Crippen LogP contribution in [0.2, 0.25) is 0 Å². The van der Waals surface area contributed by atoms with Gasteiger partial charge in [-0.1, -0.05) is 6.07 Å². The number of nitriles is 1. The largest absolute Gasteiger partial charge is 0.487 e. The molecule has 2 aromatic rings. The topological polar surface area (TPSA) is 50.1 Å². The summed E-state index contributed by atoms with van der Waals surface area (Å²) in [6.45, 7) is 2.33. The van der Waals surface area contributed by atoms with Crippen LogP contribution in [0.4, 0.5) is 0 Å². The summed E-state index contributed by atoms with van der Waals surface area (Å²) in [7, 11) is 0. The van der Waals surface area contributed by atoms with Crippen molar-refractivity contribution < 1.29 is 9.53 Å². The molecule has 0 aliphatic heterocycles. The molecule has 0 aliphatic rings. The lowest BCUT2D eigenvalue weighted by atomic mass is 10.1. The van der Waals surface area contributed by atoms with Gasteiger partial charge in [-0.2, -0.15) is 5.26 Å². The molecule has 5 heteroatoms. The first-order valence-electron chi connectivity index (χ1n) is 6.12. The van der Waals surface area contributed by atoms with Crippen LogP contribution in [-0.4, -0.2) is 6.29 Å². The molecule has 0 unspecified atom stereocenters. The van der Waals surface area contributed by atoms with Crippen LogP contribution in [0.15, 0.2) is 39.3 Å². The second-order valence-corrected chi connectivity index (χ2v) is 6.18. The fraction of sp³-hybridized carbons (Fsp3) is 0.125. The molecule has 0 aromatic heterocycles. The first-order chi connectivity index (χ1) is 10.0. The van der Waals surface area contributed by atoms with E-state index in [2.05, 4.69) is 37.9 Å². The van der Waals surface area contributed by atoms with Gasteiger partial charge in [-0.05, 0) is 74.2 Å². The number of halogens is 2. The van der Waals surface area contributed by atoms with Crippen LogP contribution in [0.5, 0.6) is 5.75 Å². The number of aldehydes is 1. The van der Waals surface area contributed by atoms with Gasteiger partial charge < -0.3 is 4.74 Å². The van der Waals surface area contributed by atoms with Gasteiger partial charge in [-0.3, -0.25) is 4.79 Å². The minimum Gasteiger partial charge on any atom is -0.487 e. The molecule has 21 heavy (non-hydrogen) atoms. The van der Waals surface area contributed by atoms with Crippen molar-refractivity contribution in [2.45, 2.75) is 13.5 Å². The Morgan fingerprint density at radius 3 is 2.43 bits per heavy atom. The van der Waals surface area contributed by atoms with E-state index >= 15 is 0 Å². The first-order valence-corrected chi connectivity index (χ1v) is 7.70. The van der Waals surface area contributed by atoms with Crippen molar-refractivity contribution in [1.29, 1.82) is 5.26 Å². The van der Waals surface area contributed by atoms with Crippen LogP contribution in [0.3, 0.4) is 0 Å². The predicted molar refractivity (Wildman–Crippen MR) is 87.5 cm³/mol. The molecule has 0 N–H and O–H groups in total. The van der Waals surface area contributed by atoms with Gasteiger partial charge in [0.2, 0.25) is 0 Å². The maximum Gasteiger partial charge on any atom is 0.150 e. The van der Waals surface area contributed by atoms with Crippen LogP contribution in [0, 0.1) is 18.3 Å². The fourth-order valence-electron chi connectivity index (χ4n) is 1.86. The second-order valence-electron chi connectivity index (χ2n) is 4.47. The third kappa shape index (κ3) is 3.72. The van der Waals surface area contributed by atoms with Crippen molar-refractivity contribution in [3.8, 4) is 11.8 Å². The summed E-state index contributed by atoms with van der Waals surface area (Å²) < 4.78 is 7.24. The van der Waals surface area contributed by atoms with E-state index in [1.54, 1.807) is 18.2 Å². The molecule has 0 saturated heterocycles. The number of rotatable bonds is 4. The van der Waals surface area contributed by atoms with Gasteiger partial charge in [0.25, 0.3) is 0 Å². The number of carbonyl (C=O) groups excluding carboxylic acids is 1. The lowest BCUT2D eigenvalue weighted by Crippen LogP contribution is -2.00. The number of benzene rings is 2. The zero-order chi connectivity index (χ0) is 15.4. The van der Waals surface area contributed by atoms with Gasteiger partial charge >= 0.3 is 0 Å². The van der Waals surface area contributed by atoms with Crippen molar-refractivity contribution in [2.75, 3.05) is 0 Å². The van der Waals surface area contributed by atoms with E-state index in [9.17, 15) is 4.79 Å². The Morgan fingerprint density at radius 1 is 1.24 bits per heavy atom. The molecular formula is C16H11Br2NO2. The Balaban J connectivity index is 2.21. The molecular weight excluding hydrogens is 398 g/mol. The highest BCUT2D eigenvalue weighted by atomic mass is 79.9. The van der Waals surface area contributed by atoms with E-state index in [1.807, 2.05) is 19.1 Å². The Labute approximate surface area is 139 Å². The maximum atomic E-state index is 10.8. The summed E-state index contributed by atoms with van der Waals surface area (Å²) in [4.78, 5) is 10.8. The minimum absolute atomic E-state index is 0.384. The highest BCUT2D eigenvalue weighted by molar-refractivity contribution is 9.11. The summed E-state index contributed by atoms with van der Waals surface area (Å²) in [5.41, 5.74) is 3.21. The highest BCUT2D eigenvalue weighted by Crippen LogP contribution is 2.35. The van der Waals surface area contributed by atoms with Crippen molar-refractivity contribution in [2.24, 2.45) is 0 Å². The van der Waals surface area contributed by atoms with Crippen molar-refractivity contribution >= 4 is 38.1 Å². The number of hydrogen-bond acceptors (Lipinski definition) is 3. The molecule has 106 valence electrons. The van der Waals surface area contributed by atoms with Crippen molar-refractivity contribution in [3.63, 3.8) is 0 Å². The van der Waals surface area contributed by atoms with Gasteiger partial charge in [-0.25, -0.2) is 0 Å². The van der Waals surface area contributed by atoms with Crippen LogP contribution >= 0.6 is 31.9 Å². The van der Waals surface area contributed by atoms with Crippen molar-refractivity contribution in [3.05, 3.63) is 61.5 Å². The van der Waals surface area contributed by atoms with E-state index in [-0.39, 0.29) is 0 Å². The van der Waals surface area contributed by atoms with Gasteiger partial charge in [-0.15, -0.1) is 0 Å². The fourth-order valence-corrected chi connectivity index (χ4v) is 3.31. The summed E-state index contributed by atoms with van der Waals surface area (Å²) in [6, 6.07) is 11.0. The summed E-state index contributed by atoms with van der Waals surface area (Å²) in [6.07, 6.45) is 0.782. The SMILES string of the molecule is Cc1cc(C#N)ccc1COc1c(Br)cc(C=O)cc1Br. The van der Waals surface area contributed by atoms with Crippen LogP contribution < -0.4 is 4.74 Å². The van der Waals surface area contributed by atoms with E-state index in [1.165, 1.54) is 0 Å². The van der Waals surface area contributed by atoms with E-state index in [0.717, 1.165) is 17.4 Å². The van der Waals surface area contributed by atoms with E-state index in [0.29, 0.717) is 32.4 Å². The average Bonchev–Trinajstić information content (AvgIpc) is 2.47.